The summed E-state index contributed by atoms with van der Waals surface area (Å²) in [6.45, 7) is 0.894. The first kappa shape index (κ1) is 22.7. The van der Waals surface area contributed by atoms with Crippen LogP contribution in [0.1, 0.15) is 28.2 Å². The van der Waals surface area contributed by atoms with Gasteiger partial charge in [-0.15, -0.1) is 0 Å². The number of rotatable bonds is 5. The molecular weight excluding hydrogens is 412 g/mol. The molecule has 0 saturated carbocycles. The molecule has 2 aliphatic rings. The smallest absolute Gasteiger partial charge is 0.154 e. The van der Waals surface area contributed by atoms with Crippen molar-refractivity contribution >= 4 is 11.9 Å². The molecule has 3 aromatic carbocycles. The molecule has 5 rings (SSSR count). The van der Waals surface area contributed by atoms with Gasteiger partial charge in [0.15, 0.2) is 5.78 Å². The minimum absolute atomic E-state index is 0.140. The Hall–Kier alpha value is -3.53. The third kappa shape index (κ3) is 4.65. The van der Waals surface area contributed by atoms with Crippen LogP contribution in [0.25, 0.3) is 5.41 Å². The summed E-state index contributed by atoms with van der Waals surface area (Å²) in [5.74, 6) is 2.02. The number of carbonyl (C=O) groups excluding carboxylic acids is 2. The molecule has 0 spiro atoms. The molecule has 4 unspecified atom stereocenters. The standard InChI is InChI=1S/C27H27NO2.CNO/c1-30-24-14-8-6-12-20(24)16-23(29)27-26-21(17-28-27)15-19-11-5-7-13-22(19)25(26)18-9-3-2-4-10-18;2-1-3/h2-14,21,25-28H,15-17H2,1H3;/q;-1. The zero-order chi connectivity index (χ0) is 23.2. The zero-order valence-corrected chi connectivity index (χ0v) is 18.6. The third-order valence-corrected chi connectivity index (χ3v) is 6.85. The van der Waals surface area contributed by atoms with E-state index in [1.54, 1.807) is 7.11 Å². The number of nitrogens with zero attached hydrogens (tertiary/aromatic N) is 1. The molecule has 0 aromatic heterocycles. The average Bonchev–Trinajstić information content (AvgIpc) is 3.27. The van der Waals surface area contributed by atoms with Gasteiger partial charge in [-0.3, -0.25) is 9.59 Å². The van der Waals surface area contributed by atoms with Crippen molar-refractivity contribution in [2.45, 2.75) is 24.8 Å². The van der Waals surface area contributed by atoms with E-state index in [9.17, 15) is 4.79 Å². The van der Waals surface area contributed by atoms with Gasteiger partial charge in [0, 0.05) is 17.9 Å². The number of Topliss-reactive ketones (excluding diaryl/α,β-unsaturated/α-hetero) is 1. The summed E-state index contributed by atoms with van der Waals surface area (Å²) in [4.78, 5) is 21.7. The fourth-order valence-corrected chi connectivity index (χ4v) is 5.55. The molecule has 1 saturated heterocycles. The number of fused-ring (bicyclic) bond motifs is 2. The molecule has 1 aliphatic heterocycles. The van der Waals surface area contributed by atoms with Gasteiger partial charge in [0.25, 0.3) is 0 Å². The number of hydrogen-bond donors (Lipinski definition) is 1. The van der Waals surface area contributed by atoms with Crippen LogP contribution in [0.15, 0.2) is 78.9 Å². The van der Waals surface area contributed by atoms with Crippen LogP contribution in [0.2, 0.25) is 0 Å². The Bertz CT molecular complexity index is 1140. The molecular formula is C28H27N2O3-. The second kappa shape index (κ2) is 10.4. The Morgan fingerprint density at radius 2 is 1.70 bits per heavy atom. The van der Waals surface area contributed by atoms with E-state index in [1.165, 1.54) is 16.7 Å². The molecule has 4 atom stereocenters. The Balaban J connectivity index is 0.000000821. The van der Waals surface area contributed by atoms with Crippen LogP contribution in [0.4, 0.5) is 0 Å². The highest BCUT2D eigenvalue weighted by Crippen LogP contribution is 2.47. The number of methoxy groups -OCH3 is 1. The number of ether oxygens (including phenoxy) is 1. The predicted octanol–water partition coefficient (Wildman–Crippen LogP) is 4.29. The van der Waals surface area contributed by atoms with Gasteiger partial charge in [-0.25, -0.2) is 0 Å². The highest BCUT2D eigenvalue weighted by molar-refractivity contribution is 5.87. The van der Waals surface area contributed by atoms with Crippen LogP contribution < -0.4 is 10.1 Å². The van der Waals surface area contributed by atoms with E-state index < -0.39 is 0 Å². The van der Waals surface area contributed by atoms with Gasteiger partial charge in [-0.2, -0.15) is 0 Å². The van der Waals surface area contributed by atoms with Gasteiger partial charge in [0.05, 0.1) is 13.2 Å². The molecule has 168 valence electrons. The number of para-hydroxylation sites is 1. The van der Waals surface area contributed by atoms with E-state index in [2.05, 4.69) is 59.9 Å². The summed E-state index contributed by atoms with van der Waals surface area (Å²) in [6, 6.07) is 27.2. The molecule has 0 radical (unpaired) electrons. The summed E-state index contributed by atoms with van der Waals surface area (Å²) in [6.07, 6.45) is 1.93. The predicted molar refractivity (Wildman–Crippen MR) is 128 cm³/mol. The minimum atomic E-state index is -0.140. The lowest BCUT2D eigenvalue weighted by molar-refractivity contribution is -0.121. The van der Waals surface area contributed by atoms with Crippen LogP contribution in [0.3, 0.4) is 0 Å². The fourth-order valence-electron chi connectivity index (χ4n) is 5.55. The van der Waals surface area contributed by atoms with Crippen LogP contribution in [0.5, 0.6) is 5.75 Å². The maximum atomic E-state index is 13.5. The summed E-state index contributed by atoms with van der Waals surface area (Å²) in [7, 11) is 1.66. The van der Waals surface area contributed by atoms with E-state index >= 15 is 0 Å². The summed E-state index contributed by atoms with van der Waals surface area (Å²) < 4.78 is 5.48. The van der Waals surface area contributed by atoms with Crippen molar-refractivity contribution in [1.29, 1.82) is 0 Å². The monoisotopic (exact) mass is 439 g/mol. The first-order valence-electron chi connectivity index (χ1n) is 11.2. The van der Waals surface area contributed by atoms with E-state index in [-0.39, 0.29) is 23.7 Å². The second-order valence-electron chi connectivity index (χ2n) is 8.56. The highest BCUT2D eigenvalue weighted by atomic mass is 16.5. The van der Waals surface area contributed by atoms with Crippen molar-refractivity contribution in [3.63, 3.8) is 0 Å². The normalized spacial score (nSPS) is 22.7. The molecule has 1 N–H and O–H groups in total. The van der Waals surface area contributed by atoms with E-state index in [0.29, 0.717) is 18.4 Å². The fraction of sp³-hybridized carbons (Fsp3) is 0.286. The maximum Gasteiger partial charge on any atom is 0.154 e. The van der Waals surface area contributed by atoms with Crippen molar-refractivity contribution in [2.75, 3.05) is 13.7 Å². The lowest BCUT2D eigenvalue weighted by Gasteiger charge is -2.38. The van der Waals surface area contributed by atoms with Crippen LogP contribution in [-0.2, 0) is 22.4 Å². The molecule has 1 heterocycles. The Morgan fingerprint density at radius 3 is 2.45 bits per heavy atom. The molecule has 3 aromatic rings. The Labute approximate surface area is 194 Å². The molecule has 1 fully saturated rings. The third-order valence-electron chi connectivity index (χ3n) is 6.85. The zero-order valence-electron chi connectivity index (χ0n) is 18.6. The van der Waals surface area contributed by atoms with Crippen LogP contribution >= 0.6 is 0 Å². The van der Waals surface area contributed by atoms with Crippen molar-refractivity contribution in [2.24, 2.45) is 11.8 Å². The van der Waals surface area contributed by atoms with E-state index in [1.807, 2.05) is 24.3 Å². The molecule has 0 bridgehead atoms. The van der Waals surface area contributed by atoms with Crippen LogP contribution in [0, 0.1) is 11.8 Å². The van der Waals surface area contributed by atoms with Gasteiger partial charge >= 0.3 is 0 Å². The molecule has 0 amide bonds. The number of ketones is 1. The van der Waals surface area contributed by atoms with Gasteiger partial charge < -0.3 is 15.5 Å². The summed E-state index contributed by atoms with van der Waals surface area (Å²) in [5.41, 5.74) is 5.07. The first-order valence-corrected chi connectivity index (χ1v) is 11.2. The average molecular weight is 440 g/mol. The van der Waals surface area contributed by atoms with Crippen molar-refractivity contribution in [3.8, 4) is 5.75 Å². The lowest BCUT2D eigenvalue weighted by atomic mass is 9.65. The molecule has 1 aliphatic carbocycles. The summed E-state index contributed by atoms with van der Waals surface area (Å²) >= 11 is 0. The number of hydrogen-bond acceptors (Lipinski definition) is 4. The Morgan fingerprint density at radius 1 is 1.03 bits per heavy atom. The minimum Gasteiger partial charge on any atom is -0.724 e. The Kier molecular flexibility index (Phi) is 7.13. The van der Waals surface area contributed by atoms with E-state index in [4.69, 9.17) is 14.9 Å². The molecule has 5 nitrogen and oxygen atoms in total. The number of benzene rings is 3. The SMILES string of the molecule is COc1ccccc1CC(=O)C1NCC2Cc3ccccc3C(c3ccccc3)C21.[N-]=C=O. The number of carbonyl (C=O) groups is 1. The van der Waals surface area contributed by atoms with E-state index in [0.717, 1.165) is 24.3 Å². The highest BCUT2D eigenvalue weighted by Gasteiger charge is 2.47. The van der Waals surface area contributed by atoms with Gasteiger partial charge in [-0.05, 0) is 53.6 Å². The van der Waals surface area contributed by atoms with Crippen molar-refractivity contribution in [1.82, 2.24) is 5.32 Å². The van der Waals surface area contributed by atoms with Crippen molar-refractivity contribution in [3.05, 3.63) is 107 Å². The van der Waals surface area contributed by atoms with Gasteiger partial charge in [0.1, 0.15) is 5.75 Å². The van der Waals surface area contributed by atoms with Gasteiger partial charge in [-0.1, -0.05) is 72.8 Å². The van der Waals surface area contributed by atoms with Crippen LogP contribution in [-0.4, -0.2) is 31.6 Å². The first-order chi connectivity index (χ1) is 16.2. The number of isocyanates is 1. The molecule has 5 heteroatoms. The maximum absolute atomic E-state index is 13.5. The molecule has 33 heavy (non-hydrogen) atoms. The second-order valence-corrected chi connectivity index (χ2v) is 8.56. The summed E-state index contributed by atoms with van der Waals surface area (Å²) in [5, 5.41) is 10.4. The quantitative estimate of drug-likeness (QED) is 0.475. The van der Waals surface area contributed by atoms with Crippen molar-refractivity contribution < 1.29 is 14.3 Å². The largest absolute Gasteiger partial charge is 0.724 e. The number of nitrogens with one attached hydrogen (secondary N) is 1. The topological polar surface area (TPSA) is 77.7 Å². The van der Waals surface area contributed by atoms with Gasteiger partial charge in [0.2, 0.25) is 0 Å². The lowest BCUT2D eigenvalue weighted by Crippen LogP contribution is -2.41.